The summed E-state index contributed by atoms with van der Waals surface area (Å²) in [5.41, 5.74) is 0.533. The Morgan fingerprint density at radius 2 is 2.00 bits per heavy atom. The van der Waals surface area contributed by atoms with E-state index in [4.69, 9.17) is 0 Å². The summed E-state index contributed by atoms with van der Waals surface area (Å²) in [5, 5.41) is 6.34. The summed E-state index contributed by atoms with van der Waals surface area (Å²) in [6.45, 7) is 3.85. The molecule has 1 amide bonds. The van der Waals surface area contributed by atoms with E-state index in [0.717, 1.165) is 28.5 Å². The molecule has 0 saturated carbocycles. The number of benzene rings is 1. The SMILES string of the molecule is CC1(NC(=O)c2cc(Br)cc(Br)c2)CCNC1. The van der Waals surface area contributed by atoms with Crippen LogP contribution in [-0.2, 0) is 0 Å². The van der Waals surface area contributed by atoms with E-state index in [1.165, 1.54) is 0 Å². The number of hydrogen-bond acceptors (Lipinski definition) is 2. The maximum absolute atomic E-state index is 12.1. The van der Waals surface area contributed by atoms with Crippen molar-refractivity contribution in [2.45, 2.75) is 18.9 Å². The molecular formula is C12H14Br2N2O. The Morgan fingerprint density at radius 1 is 1.35 bits per heavy atom. The largest absolute Gasteiger partial charge is 0.346 e. The number of nitrogens with one attached hydrogen (secondary N) is 2. The van der Waals surface area contributed by atoms with Crippen LogP contribution in [-0.4, -0.2) is 24.5 Å². The molecule has 2 rings (SSSR count). The smallest absolute Gasteiger partial charge is 0.251 e. The van der Waals surface area contributed by atoms with Crippen molar-refractivity contribution >= 4 is 37.8 Å². The molecule has 0 aromatic heterocycles. The van der Waals surface area contributed by atoms with E-state index in [1.54, 1.807) is 0 Å². The zero-order chi connectivity index (χ0) is 12.5. The monoisotopic (exact) mass is 360 g/mol. The third-order valence-corrected chi connectivity index (χ3v) is 3.82. The van der Waals surface area contributed by atoms with E-state index in [-0.39, 0.29) is 11.4 Å². The lowest BCUT2D eigenvalue weighted by Crippen LogP contribution is -2.47. The first-order valence-electron chi connectivity index (χ1n) is 5.48. The molecule has 1 fully saturated rings. The van der Waals surface area contributed by atoms with Crippen LogP contribution in [0.5, 0.6) is 0 Å². The second-order valence-corrected chi connectivity index (χ2v) is 6.43. The van der Waals surface area contributed by atoms with Crippen LogP contribution in [0.2, 0.25) is 0 Å². The van der Waals surface area contributed by atoms with E-state index in [2.05, 4.69) is 49.4 Å². The van der Waals surface area contributed by atoms with Crippen LogP contribution in [0.25, 0.3) is 0 Å². The molecule has 1 aliphatic rings. The fourth-order valence-corrected chi connectivity index (χ4v) is 3.25. The molecule has 0 spiro atoms. The van der Waals surface area contributed by atoms with Crippen molar-refractivity contribution in [1.82, 2.24) is 10.6 Å². The molecule has 2 N–H and O–H groups in total. The van der Waals surface area contributed by atoms with Gasteiger partial charge in [-0.3, -0.25) is 4.79 Å². The summed E-state index contributed by atoms with van der Waals surface area (Å²) < 4.78 is 1.79. The standard InChI is InChI=1S/C12H14Br2N2O/c1-12(2-3-15-7-12)16-11(17)8-4-9(13)6-10(14)5-8/h4-6,15H,2-3,7H2,1H3,(H,16,17). The summed E-state index contributed by atoms with van der Waals surface area (Å²) in [6.07, 6.45) is 0.966. The fourth-order valence-electron chi connectivity index (χ4n) is 1.95. The van der Waals surface area contributed by atoms with Gasteiger partial charge in [0, 0.05) is 21.1 Å². The molecule has 5 heteroatoms. The number of carbonyl (C=O) groups excluding carboxylic acids is 1. The van der Waals surface area contributed by atoms with E-state index in [9.17, 15) is 4.79 Å². The number of carbonyl (C=O) groups is 1. The minimum atomic E-state index is -0.133. The van der Waals surface area contributed by atoms with Crippen LogP contribution < -0.4 is 10.6 Å². The Bertz CT molecular complexity index is 422. The van der Waals surface area contributed by atoms with Gasteiger partial charge in [-0.2, -0.15) is 0 Å². The number of hydrogen-bond donors (Lipinski definition) is 2. The molecule has 1 aliphatic heterocycles. The van der Waals surface area contributed by atoms with Crippen molar-refractivity contribution in [2.75, 3.05) is 13.1 Å². The number of amides is 1. The molecule has 1 saturated heterocycles. The molecule has 1 unspecified atom stereocenters. The van der Waals surface area contributed by atoms with Gasteiger partial charge in [0.1, 0.15) is 0 Å². The lowest BCUT2D eigenvalue weighted by Gasteiger charge is -2.24. The maximum Gasteiger partial charge on any atom is 0.251 e. The second-order valence-electron chi connectivity index (χ2n) is 4.60. The third-order valence-electron chi connectivity index (χ3n) is 2.91. The quantitative estimate of drug-likeness (QED) is 0.850. The minimum Gasteiger partial charge on any atom is -0.346 e. The van der Waals surface area contributed by atoms with Crippen LogP contribution >= 0.6 is 31.9 Å². The molecule has 1 aromatic carbocycles. The third kappa shape index (κ3) is 3.30. The first-order chi connectivity index (χ1) is 7.98. The van der Waals surface area contributed by atoms with Gasteiger partial charge in [-0.15, -0.1) is 0 Å². The maximum atomic E-state index is 12.1. The molecule has 1 atom stereocenters. The summed E-state index contributed by atoms with van der Waals surface area (Å²) >= 11 is 6.77. The van der Waals surface area contributed by atoms with E-state index >= 15 is 0 Å². The minimum absolute atomic E-state index is 0.0294. The topological polar surface area (TPSA) is 41.1 Å². The average molecular weight is 362 g/mol. The Balaban J connectivity index is 2.14. The van der Waals surface area contributed by atoms with E-state index in [0.29, 0.717) is 5.56 Å². The van der Waals surface area contributed by atoms with Gasteiger partial charge < -0.3 is 10.6 Å². The first-order valence-corrected chi connectivity index (χ1v) is 7.06. The van der Waals surface area contributed by atoms with Crippen LogP contribution in [0.3, 0.4) is 0 Å². The molecule has 17 heavy (non-hydrogen) atoms. The number of halogens is 2. The normalized spacial score (nSPS) is 23.7. The van der Waals surface area contributed by atoms with Crippen LogP contribution in [0.1, 0.15) is 23.7 Å². The highest BCUT2D eigenvalue weighted by Gasteiger charge is 2.30. The lowest BCUT2D eigenvalue weighted by molar-refractivity contribution is 0.0913. The van der Waals surface area contributed by atoms with Crippen LogP contribution in [0, 0.1) is 0 Å². The summed E-state index contributed by atoms with van der Waals surface area (Å²) in [5.74, 6) is -0.0294. The van der Waals surface area contributed by atoms with Gasteiger partial charge in [0.05, 0.1) is 5.54 Å². The predicted octanol–water partition coefficient (Wildman–Crippen LogP) is 2.69. The van der Waals surface area contributed by atoms with Gasteiger partial charge in [0.15, 0.2) is 0 Å². The molecule has 0 bridgehead atoms. The molecule has 92 valence electrons. The van der Waals surface area contributed by atoms with Crippen LogP contribution in [0.4, 0.5) is 0 Å². The van der Waals surface area contributed by atoms with Gasteiger partial charge in [0.2, 0.25) is 0 Å². The van der Waals surface area contributed by atoms with Gasteiger partial charge in [-0.25, -0.2) is 0 Å². The average Bonchev–Trinajstić information content (AvgIpc) is 2.63. The van der Waals surface area contributed by atoms with Crippen LogP contribution in [0.15, 0.2) is 27.1 Å². The summed E-state index contributed by atoms with van der Waals surface area (Å²) in [6, 6.07) is 5.56. The highest BCUT2D eigenvalue weighted by atomic mass is 79.9. The van der Waals surface area contributed by atoms with Crippen molar-refractivity contribution < 1.29 is 4.79 Å². The predicted molar refractivity (Wildman–Crippen MR) is 75.2 cm³/mol. The lowest BCUT2D eigenvalue weighted by atomic mass is 10.0. The van der Waals surface area contributed by atoms with Gasteiger partial charge in [-0.1, -0.05) is 31.9 Å². The first kappa shape index (κ1) is 13.1. The highest BCUT2D eigenvalue weighted by Crippen LogP contribution is 2.21. The fraction of sp³-hybridized carbons (Fsp3) is 0.417. The zero-order valence-corrected chi connectivity index (χ0v) is 12.7. The van der Waals surface area contributed by atoms with Gasteiger partial charge >= 0.3 is 0 Å². The van der Waals surface area contributed by atoms with E-state index in [1.807, 2.05) is 18.2 Å². The van der Waals surface area contributed by atoms with Gasteiger partial charge in [0.25, 0.3) is 5.91 Å². The Labute approximate surface area is 118 Å². The highest BCUT2D eigenvalue weighted by molar-refractivity contribution is 9.11. The van der Waals surface area contributed by atoms with Crippen molar-refractivity contribution in [3.8, 4) is 0 Å². The molecular weight excluding hydrogens is 348 g/mol. The molecule has 1 heterocycles. The van der Waals surface area contributed by atoms with Gasteiger partial charge in [-0.05, 0) is 38.1 Å². The molecule has 0 radical (unpaired) electrons. The van der Waals surface area contributed by atoms with Crippen molar-refractivity contribution in [1.29, 1.82) is 0 Å². The van der Waals surface area contributed by atoms with Crippen molar-refractivity contribution in [3.05, 3.63) is 32.7 Å². The summed E-state index contributed by atoms with van der Waals surface area (Å²) in [7, 11) is 0. The molecule has 1 aromatic rings. The summed E-state index contributed by atoms with van der Waals surface area (Å²) in [4.78, 5) is 12.1. The number of rotatable bonds is 2. The Hall–Kier alpha value is -0.390. The molecule has 0 aliphatic carbocycles. The Kier molecular flexibility index (Phi) is 3.90. The van der Waals surface area contributed by atoms with E-state index < -0.39 is 0 Å². The van der Waals surface area contributed by atoms with Crippen molar-refractivity contribution in [3.63, 3.8) is 0 Å². The van der Waals surface area contributed by atoms with Crippen molar-refractivity contribution in [2.24, 2.45) is 0 Å². The Morgan fingerprint density at radius 3 is 2.53 bits per heavy atom. The molecule has 3 nitrogen and oxygen atoms in total. The second kappa shape index (κ2) is 5.08. The zero-order valence-electron chi connectivity index (χ0n) is 9.52.